The van der Waals surface area contributed by atoms with Crippen LogP contribution in [-0.4, -0.2) is 29.8 Å². The maximum absolute atomic E-state index is 5.60. The summed E-state index contributed by atoms with van der Waals surface area (Å²) < 4.78 is 11.0. The molecule has 3 heterocycles. The molecule has 0 saturated carbocycles. The topological polar surface area (TPSA) is 60.2 Å². The Morgan fingerprint density at radius 3 is 2.90 bits per heavy atom. The summed E-state index contributed by atoms with van der Waals surface area (Å²) in [4.78, 5) is 4.52. The van der Waals surface area contributed by atoms with Crippen molar-refractivity contribution >= 4 is 0 Å². The van der Waals surface area contributed by atoms with Gasteiger partial charge in [0, 0.05) is 12.2 Å². The number of benzene rings is 1. The minimum atomic E-state index is 0.00697. The summed E-state index contributed by atoms with van der Waals surface area (Å²) in [5, 5.41) is 7.51. The molecule has 110 valence electrons. The summed E-state index contributed by atoms with van der Waals surface area (Å²) in [6, 6.07) is 6.46. The van der Waals surface area contributed by atoms with Gasteiger partial charge in [0.25, 0.3) is 5.89 Å². The molecule has 0 radical (unpaired) electrons. The highest BCUT2D eigenvalue weighted by atomic mass is 16.5. The molecule has 2 aliphatic rings. The predicted molar refractivity (Wildman–Crippen MR) is 77.9 cm³/mol. The Bertz CT molecular complexity index is 632. The minimum Gasteiger partial charge on any atom is -0.370 e. The highest BCUT2D eigenvalue weighted by Crippen LogP contribution is 2.29. The largest absolute Gasteiger partial charge is 0.370 e. The van der Waals surface area contributed by atoms with Gasteiger partial charge >= 0.3 is 0 Å². The molecule has 1 atom stereocenters. The van der Waals surface area contributed by atoms with Crippen LogP contribution in [-0.2, 0) is 17.6 Å². The van der Waals surface area contributed by atoms with Crippen LogP contribution < -0.4 is 5.32 Å². The third kappa shape index (κ3) is 2.59. The monoisotopic (exact) mass is 285 g/mol. The van der Waals surface area contributed by atoms with Gasteiger partial charge in [0.05, 0.1) is 0 Å². The van der Waals surface area contributed by atoms with Gasteiger partial charge in [0.2, 0.25) is 5.82 Å². The first kappa shape index (κ1) is 13.0. The fraction of sp³-hybridized carbons (Fsp3) is 0.500. The lowest BCUT2D eigenvalue weighted by atomic mass is 10.00. The van der Waals surface area contributed by atoms with Crippen molar-refractivity contribution in [2.75, 3.05) is 19.7 Å². The van der Waals surface area contributed by atoms with Crippen LogP contribution in [0.15, 0.2) is 22.7 Å². The van der Waals surface area contributed by atoms with Crippen LogP contribution in [0.25, 0.3) is 11.5 Å². The van der Waals surface area contributed by atoms with E-state index in [1.54, 1.807) is 0 Å². The number of ether oxygens (including phenoxy) is 1. The lowest BCUT2D eigenvalue weighted by Crippen LogP contribution is -2.16. The number of hydrogen-bond donors (Lipinski definition) is 1. The summed E-state index contributed by atoms with van der Waals surface area (Å²) in [5.74, 6) is 1.28. The molecule has 4 rings (SSSR count). The Hall–Kier alpha value is -1.72. The fourth-order valence-corrected chi connectivity index (χ4v) is 3.07. The molecule has 5 heteroatoms. The van der Waals surface area contributed by atoms with Crippen molar-refractivity contribution in [3.8, 4) is 11.5 Å². The number of nitrogens with one attached hydrogen (secondary N) is 1. The highest BCUT2D eigenvalue weighted by molar-refractivity contribution is 5.56. The summed E-state index contributed by atoms with van der Waals surface area (Å²) in [5.41, 5.74) is 3.81. The van der Waals surface area contributed by atoms with E-state index in [4.69, 9.17) is 9.26 Å². The predicted octanol–water partition coefficient (Wildman–Crippen LogP) is 2.28. The molecule has 0 amide bonds. The normalized spacial score (nSPS) is 22.0. The van der Waals surface area contributed by atoms with Crippen molar-refractivity contribution in [2.45, 2.75) is 31.8 Å². The smallest absolute Gasteiger partial charge is 0.258 e. The van der Waals surface area contributed by atoms with E-state index in [0.717, 1.165) is 50.9 Å². The van der Waals surface area contributed by atoms with Crippen molar-refractivity contribution in [1.82, 2.24) is 15.5 Å². The number of nitrogens with zero attached hydrogens (tertiary/aromatic N) is 2. The summed E-state index contributed by atoms with van der Waals surface area (Å²) in [6.07, 6.45) is 4.19. The van der Waals surface area contributed by atoms with E-state index in [1.165, 1.54) is 11.1 Å². The molecule has 1 saturated heterocycles. The van der Waals surface area contributed by atoms with Gasteiger partial charge in [-0.1, -0.05) is 11.2 Å². The van der Waals surface area contributed by atoms with Gasteiger partial charge in [-0.05, 0) is 62.0 Å². The van der Waals surface area contributed by atoms with Crippen LogP contribution in [0.2, 0.25) is 0 Å². The van der Waals surface area contributed by atoms with Crippen molar-refractivity contribution in [3.05, 3.63) is 35.2 Å². The van der Waals surface area contributed by atoms with E-state index >= 15 is 0 Å². The molecule has 0 aliphatic carbocycles. The second-order valence-corrected chi connectivity index (χ2v) is 5.69. The first-order valence-electron chi connectivity index (χ1n) is 7.68. The van der Waals surface area contributed by atoms with Gasteiger partial charge in [-0.3, -0.25) is 0 Å². The van der Waals surface area contributed by atoms with E-state index in [1.807, 2.05) is 0 Å². The molecule has 1 N–H and O–H groups in total. The van der Waals surface area contributed by atoms with Gasteiger partial charge < -0.3 is 14.6 Å². The Balaban J connectivity index is 1.62. The van der Waals surface area contributed by atoms with Gasteiger partial charge in [-0.15, -0.1) is 0 Å². The first-order chi connectivity index (χ1) is 10.4. The molecular formula is C16H19N3O2. The maximum atomic E-state index is 5.60. The van der Waals surface area contributed by atoms with E-state index in [9.17, 15) is 0 Å². The quantitative estimate of drug-likeness (QED) is 0.917. The second kappa shape index (κ2) is 5.58. The zero-order valence-corrected chi connectivity index (χ0v) is 12.0. The van der Waals surface area contributed by atoms with Crippen LogP contribution in [0.5, 0.6) is 0 Å². The van der Waals surface area contributed by atoms with E-state index in [0.29, 0.717) is 11.7 Å². The first-order valence-corrected chi connectivity index (χ1v) is 7.68. The van der Waals surface area contributed by atoms with Crippen molar-refractivity contribution in [1.29, 1.82) is 0 Å². The minimum absolute atomic E-state index is 0.00697. The fourth-order valence-electron chi connectivity index (χ4n) is 3.07. The van der Waals surface area contributed by atoms with Crippen LogP contribution in [0.3, 0.4) is 0 Å². The van der Waals surface area contributed by atoms with Crippen molar-refractivity contribution in [3.63, 3.8) is 0 Å². The van der Waals surface area contributed by atoms with Crippen LogP contribution in [0.1, 0.15) is 35.9 Å². The highest BCUT2D eigenvalue weighted by Gasteiger charge is 2.23. The van der Waals surface area contributed by atoms with Gasteiger partial charge in [0.15, 0.2) is 0 Å². The Morgan fingerprint density at radius 1 is 1.14 bits per heavy atom. The number of rotatable bonds is 2. The molecule has 1 fully saturated rings. The molecule has 2 aromatic rings. The molecule has 1 aromatic carbocycles. The van der Waals surface area contributed by atoms with Crippen LogP contribution >= 0.6 is 0 Å². The molecule has 5 nitrogen and oxygen atoms in total. The van der Waals surface area contributed by atoms with Gasteiger partial charge in [-0.2, -0.15) is 4.98 Å². The standard InChI is InChI=1S/C16H19N3O2/c1-2-14(20-9-1)15-18-16(21-19-15)13-4-3-11-5-7-17-8-6-12(11)10-13/h3-4,10,14,17H,1-2,5-9H2. The Kier molecular flexibility index (Phi) is 3.45. The average molecular weight is 285 g/mol. The molecular weight excluding hydrogens is 266 g/mol. The molecule has 1 aromatic heterocycles. The van der Waals surface area contributed by atoms with Crippen molar-refractivity contribution in [2.24, 2.45) is 0 Å². The molecule has 0 bridgehead atoms. The summed E-state index contributed by atoms with van der Waals surface area (Å²) >= 11 is 0. The lowest BCUT2D eigenvalue weighted by molar-refractivity contribution is 0.103. The lowest BCUT2D eigenvalue weighted by Gasteiger charge is -2.06. The zero-order chi connectivity index (χ0) is 14.1. The van der Waals surface area contributed by atoms with E-state index < -0.39 is 0 Å². The summed E-state index contributed by atoms with van der Waals surface area (Å²) in [6.45, 7) is 2.87. The number of fused-ring (bicyclic) bond motifs is 1. The van der Waals surface area contributed by atoms with Crippen LogP contribution in [0, 0.1) is 0 Å². The van der Waals surface area contributed by atoms with E-state index in [-0.39, 0.29) is 6.10 Å². The number of hydrogen-bond acceptors (Lipinski definition) is 5. The molecule has 21 heavy (non-hydrogen) atoms. The van der Waals surface area contributed by atoms with Gasteiger partial charge in [-0.25, -0.2) is 0 Å². The van der Waals surface area contributed by atoms with Gasteiger partial charge in [0.1, 0.15) is 6.10 Å². The average Bonchev–Trinajstić information content (AvgIpc) is 3.14. The van der Waals surface area contributed by atoms with Crippen molar-refractivity contribution < 1.29 is 9.26 Å². The third-order valence-corrected chi connectivity index (χ3v) is 4.25. The van der Waals surface area contributed by atoms with E-state index in [2.05, 4.69) is 33.7 Å². The zero-order valence-electron chi connectivity index (χ0n) is 12.0. The Morgan fingerprint density at radius 2 is 2.05 bits per heavy atom. The molecule has 0 spiro atoms. The van der Waals surface area contributed by atoms with Crippen LogP contribution in [0.4, 0.5) is 0 Å². The second-order valence-electron chi connectivity index (χ2n) is 5.69. The molecule has 2 aliphatic heterocycles. The third-order valence-electron chi connectivity index (χ3n) is 4.25. The maximum Gasteiger partial charge on any atom is 0.258 e. The Labute approximate surface area is 123 Å². The molecule has 1 unspecified atom stereocenters. The summed E-state index contributed by atoms with van der Waals surface area (Å²) in [7, 11) is 0. The number of aromatic nitrogens is 2. The SMILES string of the molecule is c1cc2c(cc1-c1nc(C3CCCO3)no1)CCNCC2.